The summed E-state index contributed by atoms with van der Waals surface area (Å²) >= 11 is 3.26. The molecule has 0 unspecified atom stereocenters. The first-order valence-electron chi connectivity index (χ1n) is 7.95. The number of anilines is 1. The molecule has 2 aliphatic rings. The highest BCUT2D eigenvalue weighted by molar-refractivity contribution is 9.10. The zero-order valence-electron chi connectivity index (χ0n) is 13.3. The fraction of sp³-hybridized carbons (Fsp3) is 0.500. The van der Waals surface area contributed by atoms with Crippen LogP contribution >= 0.6 is 15.9 Å². The Kier molecular flexibility index (Phi) is 4.58. The predicted octanol–water partition coefficient (Wildman–Crippen LogP) is 2.28. The molecule has 7 nitrogen and oxygen atoms in total. The first kappa shape index (κ1) is 16.9. The van der Waals surface area contributed by atoms with Gasteiger partial charge in [-0.15, -0.1) is 0 Å². The lowest BCUT2D eigenvalue weighted by atomic mass is 9.77. The highest BCUT2D eigenvalue weighted by Gasteiger charge is 2.52. The van der Waals surface area contributed by atoms with Crippen LogP contribution in [0.3, 0.4) is 0 Å². The van der Waals surface area contributed by atoms with Gasteiger partial charge >= 0.3 is 6.03 Å². The van der Waals surface area contributed by atoms with Crippen LogP contribution in [0.15, 0.2) is 22.8 Å². The summed E-state index contributed by atoms with van der Waals surface area (Å²) in [7, 11) is 0. The minimum atomic E-state index is -0.820. The topological polar surface area (TPSA) is 91.4 Å². The van der Waals surface area contributed by atoms with Gasteiger partial charge < -0.3 is 10.6 Å². The smallest absolute Gasteiger partial charge is 0.323 e. The van der Waals surface area contributed by atoms with Crippen molar-refractivity contribution in [2.75, 3.05) is 11.9 Å². The van der Waals surface area contributed by atoms with Crippen LogP contribution in [-0.4, -0.2) is 39.8 Å². The number of carbonyl (C=O) groups is 3. The van der Waals surface area contributed by atoms with Crippen molar-refractivity contribution in [1.29, 1.82) is 0 Å². The molecule has 128 valence electrons. The van der Waals surface area contributed by atoms with E-state index in [0.717, 1.165) is 22.2 Å². The highest BCUT2D eigenvalue weighted by atomic mass is 79.9. The number of amides is 4. The second-order valence-electron chi connectivity index (χ2n) is 6.50. The number of rotatable bonds is 3. The summed E-state index contributed by atoms with van der Waals surface area (Å²) in [5, 5.41) is 5.39. The Morgan fingerprint density at radius 3 is 2.75 bits per heavy atom. The van der Waals surface area contributed by atoms with Crippen LogP contribution in [0, 0.1) is 5.92 Å². The molecular weight excluding hydrogens is 376 g/mol. The number of pyridine rings is 1. The Bertz CT molecular complexity index is 668. The van der Waals surface area contributed by atoms with Gasteiger partial charge in [0.1, 0.15) is 17.9 Å². The molecule has 0 radical (unpaired) electrons. The van der Waals surface area contributed by atoms with Crippen molar-refractivity contribution in [3.8, 4) is 0 Å². The maximum atomic E-state index is 12.7. The second kappa shape index (κ2) is 6.51. The molecule has 2 heterocycles. The van der Waals surface area contributed by atoms with Crippen molar-refractivity contribution < 1.29 is 14.4 Å². The summed E-state index contributed by atoms with van der Waals surface area (Å²) in [6.07, 6.45) is 4.61. The van der Waals surface area contributed by atoms with Gasteiger partial charge in [-0.2, -0.15) is 0 Å². The monoisotopic (exact) mass is 394 g/mol. The zero-order valence-corrected chi connectivity index (χ0v) is 14.9. The van der Waals surface area contributed by atoms with Crippen molar-refractivity contribution in [3.05, 3.63) is 22.8 Å². The lowest BCUT2D eigenvalue weighted by Crippen LogP contribution is -2.49. The van der Waals surface area contributed by atoms with Crippen LogP contribution < -0.4 is 10.6 Å². The third-order valence-electron chi connectivity index (χ3n) is 4.67. The van der Waals surface area contributed by atoms with Gasteiger partial charge in [0.2, 0.25) is 5.91 Å². The van der Waals surface area contributed by atoms with Crippen LogP contribution in [0.4, 0.5) is 10.6 Å². The zero-order chi connectivity index (χ0) is 17.3. The number of imide groups is 1. The number of hydrogen-bond donors (Lipinski definition) is 2. The lowest BCUT2D eigenvalue weighted by Gasteiger charge is -2.33. The minimum Gasteiger partial charge on any atom is -0.323 e. The predicted molar refractivity (Wildman–Crippen MR) is 91.2 cm³/mol. The molecule has 0 atom stereocenters. The molecule has 1 saturated heterocycles. The number of hydrogen-bond acceptors (Lipinski definition) is 4. The fourth-order valence-electron chi connectivity index (χ4n) is 3.19. The molecule has 8 heteroatoms. The molecule has 3 rings (SSSR count). The van der Waals surface area contributed by atoms with Gasteiger partial charge in [-0.05, 0) is 59.7 Å². The standard InChI is InChI=1S/C16H19BrN4O3/c1-10-4-6-16(7-5-10)14(23)21(15(24)20-16)9-13(22)19-12-3-2-11(17)8-18-12/h2-3,8,10H,4-7,9H2,1H3,(H,20,24)(H,18,19,22). The molecule has 1 aliphatic carbocycles. The molecule has 2 N–H and O–H groups in total. The average molecular weight is 395 g/mol. The van der Waals surface area contributed by atoms with E-state index in [4.69, 9.17) is 0 Å². The molecule has 0 aromatic carbocycles. The maximum absolute atomic E-state index is 12.7. The third kappa shape index (κ3) is 3.28. The number of aromatic nitrogens is 1. The Labute approximate surface area is 148 Å². The highest BCUT2D eigenvalue weighted by Crippen LogP contribution is 2.36. The van der Waals surface area contributed by atoms with E-state index in [1.165, 1.54) is 0 Å². The largest absolute Gasteiger partial charge is 0.325 e. The van der Waals surface area contributed by atoms with Crippen molar-refractivity contribution in [3.63, 3.8) is 0 Å². The molecule has 24 heavy (non-hydrogen) atoms. The number of nitrogens with zero attached hydrogens (tertiary/aromatic N) is 2. The minimum absolute atomic E-state index is 0.293. The van der Waals surface area contributed by atoms with Gasteiger partial charge in [-0.25, -0.2) is 9.78 Å². The normalized spacial score (nSPS) is 26.6. The van der Waals surface area contributed by atoms with E-state index in [2.05, 4.69) is 38.5 Å². The molecular formula is C16H19BrN4O3. The summed E-state index contributed by atoms with van der Waals surface area (Å²) in [6, 6.07) is 2.89. The quantitative estimate of drug-likeness (QED) is 0.769. The van der Waals surface area contributed by atoms with Crippen LogP contribution in [0.5, 0.6) is 0 Å². The van der Waals surface area contributed by atoms with Crippen LogP contribution in [-0.2, 0) is 9.59 Å². The van der Waals surface area contributed by atoms with Crippen molar-refractivity contribution >= 4 is 39.6 Å². The second-order valence-corrected chi connectivity index (χ2v) is 7.41. The first-order chi connectivity index (χ1) is 11.4. The molecule has 4 amide bonds. The molecule has 1 saturated carbocycles. The average Bonchev–Trinajstić information content (AvgIpc) is 2.77. The summed E-state index contributed by atoms with van der Waals surface area (Å²) in [5.74, 6) is 0.186. The van der Waals surface area contributed by atoms with E-state index < -0.39 is 17.5 Å². The van der Waals surface area contributed by atoms with E-state index in [0.29, 0.717) is 24.6 Å². The van der Waals surface area contributed by atoms with E-state index in [1.807, 2.05) is 0 Å². The SMILES string of the molecule is CC1CCC2(CC1)NC(=O)N(CC(=O)Nc1ccc(Br)cn1)C2=O. The number of halogens is 1. The molecule has 2 fully saturated rings. The van der Waals surface area contributed by atoms with Gasteiger partial charge in [0.15, 0.2) is 0 Å². The van der Waals surface area contributed by atoms with Gasteiger partial charge in [0.25, 0.3) is 5.91 Å². The first-order valence-corrected chi connectivity index (χ1v) is 8.74. The Morgan fingerprint density at radius 1 is 1.42 bits per heavy atom. The Hall–Kier alpha value is -1.96. The summed E-state index contributed by atoms with van der Waals surface area (Å²) in [6.45, 7) is 1.84. The summed E-state index contributed by atoms with van der Waals surface area (Å²) in [5.41, 5.74) is -0.820. The van der Waals surface area contributed by atoms with Crippen molar-refractivity contribution in [1.82, 2.24) is 15.2 Å². The van der Waals surface area contributed by atoms with Crippen molar-refractivity contribution in [2.45, 2.75) is 38.1 Å². The van der Waals surface area contributed by atoms with Crippen LogP contribution in [0.25, 0.3) is 0 Å². The Morgan fingerprint density at radius 2 is 2.12 bits per heavy atom. The maximum Gasteiger partial charge on any atom is 0.325 e. The Balaban J connectivity index is 1.64. The van der Waals surface area contributed by atoms with Crippen LogP contribution in [0.2, 0.25) is 0 Å². The van der Waals surface area contributed by atoms with Crippen molar-refractivity contribution in [2.24, 2.45) is 5.92 Å². The fourth-order valence-corrected chi connectivity index (χ4v) is 3.42. The number of carbonyl (C=O) groups excluding carboxylic acids is 3. The molecule has 0 bridgehead atoms. The van der Waals surface area contributed by atoms with E-state index >= 15 is 0 Å². The van der Waals surface area contributed by atoms with E-state index in [9.17, 15) is 14.4 Å². The van der Waals surface area contributed by atoms with Crippen LogP contribution in [0.1, 0.15) is 32.6 Å². The molecule has 1 spiro atoms. The van der Waals surface area contributed by atoms with E-state index in [1.54, 1.807) is 18.3 Å². The molecule has 1 aliphatic heterocycles. The third-order valence-corrected chi connectivity index (χ3v) is 5.14. The van der Waals surface area contributed by atoms with Gasteiger partial charge in [-0.3, -0.25) is 14.5 Å². The summed E-state index contributed by atoms with van der Waals surface area (Å²) < 4.78 is 0.795. The molecule has 1 aromatic rings. The number of nitrogens with one attached hydrogen (secondary N) is 2. The van der Waals surface area contributed by atoms with Gasteiger partial charge in [0.05, 0.1) is 0 Å². The summed E-state index contributed by atoms with van der Waals surface area (Å²) in [4.78, 5) is 42.0. The van der Waals surface area contributed by atoms with Gasteiger partial charge in [0, 0.05) is 10.7 Å². The lowest BCUT2D eigenvalue weighted by molar-refractivity contribution is -0.135. The molecule has 1 aromatic heterocycles. The number of urea groups is 1. The van der Waals surface area contributed by atoms with E-state index in [-0.39, 0.29) is 12.5 Å². The van der Waals surface area contributed by atoms with Gasteiger partial charge in [-0.1, -0.05) is 6.92 Å².